The van der Waals surface area contributed by atoms with E-state index < -0.39 is 11.6 Å². The molecule has 0 atom stereocenters. The van der Waals surface area contributed by atoms with Crippen LogP contribution >= 0.6 is 0 Å². The van der Waals surface area contributed by atoms with Crippen molar-refractivity contribution in [3.05, 3.63) is 42.0 Å². The lowest BCUT2D eigenvalue weighted by Gasteiger charge is -2.20. The maximum absolute atomic E-state index is 13.6. The van der Waals surface area contributed by atoms with E-state index in [2.05, 4.69) is 5.32 Å². The summed E-state index contributed by atoms with van der Waals surface area (Å²) in [5, 5.41) is 2.57. The maximum Gasteiger partial charge on any atom is 0.262 e. The number of nitrogen functional groups attached to an aromatic ring is 1. The Morgan fingerprint density at radius 1 is 1.24 bits per heavy atom. The zero-order valence-corrected chi connectivity index (χ0v) is 10.7. The van der Waals surface area contributed by atoms with Crippen LogP contribution in [0.25, 0.3) is 0 Å². The monoisotopic (exact) mass is 292 g/mol. The molecular weight excluding hydrogens is 282 g/mol. The lowest BCUT2D eigenvalue weighted by molar-refractivity contribution is -0.118. The van der Waals surface area contributed by atoms with Crippen molar-refractivity contribution in [1.29, 1.82) is 0 Å². The second-order valence-electron chi connectivity index (χ2n) is 4.38. The molecule has 0 aromatic heterocycles. The van der Waals surface area contributed by atoms with Crippen LogP contribution < -0.4 is 20.5 Å². The Labute approximate surface area is 118 Å². The Kier molecular flexibility index (Phi) is 3.09. The van der Waals surface area contributed by atoms with Gasteiger partial charge in [0.25, 0.3) is 5.91 Å². The summed E-state index contributed by atoms with van der Waals surface area (Å²) in [7, 11) is 0. The van der Waals surface area contributed by atoms with Crippen LogP contribution in [0.5, 0.6) is 17.2 Å². The smallest absolute Gasteiger partial charge is 0.262 e. The van der Waals surface area contributed by atoms with Crippen LogP contribution in [0.3, 0.4) is 0 Å². The van der Waals surface area contributed by atoms with Gasteiger partial charge < -0.3 is 20.5 Å². The number of ether oxygens (including phenoxy) is 2. The normalized spacial score (nSPS) is 13.1. The molecule has 3 rings (SSSR count). The zero-order valence-electron chi connectivity index (χ0n) is 10.7. The molecule has 108 valence electrons. The van der Waals surface area contributed by atoms with E-state index in [-0.39, 0.29) is 29.7 Å². The lowest BCUT2D eigenvalue weighted by atomic mass is 10.2. The molecule has 0 spiro atoms. The number of carbonyl (C=O) groups excluding carboxylic acids is 1. The number of carbonyl (C=O) groups is 1. The second-order valence-corrected chi connectivity index (χ2v) is 4.38. The molecule has 0 saturated carbocycles. The molecule has 0 bridgehead atoms. The van der Waals surface area contributed by atoms with Gasteiger partial charge in [0.1, 0.15) is 5.75 Å². The van der Waals surface area contributed by atoms with Gasteiger partial charge in [-0.05, 0) is 12.1 Å². The fraction of sp³-hybridized carbons (Fsp3) is 0.0714. The third-order valence-electron chi connectivity index (χ3n) is 2.88. The van der Waals surface area contributed by atoms with E-state index in [0.717, 1.165) is 6.07 Å². The molecule has 2 aromatic carbocycles. The van der Waals surface area contributed by atoms with Crippen molar-refractivity contribution >= 4 is 17.3 Å². The molecule has 0 saturated heterocycles. The molecule has 3 N–H and O–H groups in total. The first kappa shape index (κ1) is 13.2. The number of nitrogens with two attached hydrogens (primary N) is 1. The molecule has 0 unspecified atom stereocenters. The van der Waals surface area contributed by atoms with E-state index in [9.17, 15) is 13.6 Å². The van der Waals surface area contributed by atoms with Gasteiger partial charge in [-0.2, -0.15) is 4.39 Å². The lowest BCUT2D eigenvalue weighted by Crippen LogP contribution is -2.25. The minimum atomic E-state index is -1.12. The van der Waals surface area contributed by atoms with E-state index in [1.54, 1.807) is 0 Å². The number of hydrogen-bond acceptors (Lipinski definition) is 4. The Balaban J connectivity index is 1.97. The quantitative estimate of drug-likeness (QED) is 0.835. The average Bonchev–Trinajstić information content (AvgIpc) is 2.45. The molecule has 0 radical (unpaired) electrons. The van der Waals surface area contributed by atoms with Crippen molar-refractivity contribution in [1.82, 2.24) is 0 Å². The standard InChI is InChI=1S/C14H10F2N2O3/c15-7-2-1-3-10(14(7)16)21-11-5-9-12(4-8(11)17)20-6-13(19)18-9/h1-5H,6,17H2,(H,18,19). The molecule has 1 heterocycles. The van der Waals surface area contributed by atoms with Crippen molar-refractivity contribution in [2.24, 2.45) is 0 Å². The molecule has 0 aliphatic carbocycles. The van der Waals surface area contributed by atoms with Gasteiger partial charge >= 0.3 is 0 Å². The van der Waals surface area contributed by atoms with Crippen molar-refractivity contribution in [2.75, 3.05) is 17.7 Å². The van der Waals surface area contributed by atoms with Gasteiger partial charge in [0, 0.05) is 12.1 Å². The maximum atomic E-state index is 13.6. The SMILES string of the molecule is Nc1cc2c(cc1Oc1cccc(F)c1F)NC(=O)CO2. The molecule has 1 amide bonds. The van der Waals surface area contributed by atoms with Gasteiger partial charge in [-0.1, -0.05) is 6.07 Å². The Bertz CT molecular complexity index is 734. The minimum absolute atomic E-state index is 0.0871. The molecule has 21 heavy (non-hydrogen) atoms. The topological polar surface area (TPSA) is 73.6 Å². The molecule has 0 fully saturated rings. The van der Waals surface area contributed by atoms with E-state index in [1.807, 2.05) is 0 Å². The Morgan fingerprint density at radius 3 is 2.86 bits per heavy atom. The summed E-state index contributed by atoms with van der Waals surface area (Å²) in [6.07, 6.45) is 0. The third kappa shape index (κ3) is 2.45. The average molecular weight is 292 g/mol. The van der Waals surface area contributed by atoms with Crippen LogP contribution in [-0.4, -0.2) is 12.5 Å². The largest absolute Gasteiger partial charge is 0.481 e. The summed E-state index contributed by atoms with van der Waals surface area (Å²) in [6, 6.07) is 6.40. The number of anilines is 2. The number of hydrogen-bond donors (Lipinski definition) is 2. The highest BCUT2D eigenvalue weighted by Crippen LogP contribution is 2.39. The van der Waals surface area contributed by atoms with Crippen molar-refractivity contribution in [3.8, 4) is 17.2 Å². The first-order valence-corrected chi connectivity index (χ1v) is 6.02. The van der Waals surface area contributed by atoms with Crippen molar-refractivity contribution in [3.63, 3.8) is 0 Å². The van der Waals surface area contributed by atoms with Crippen molar-refractivity contribution in [2.45, 2.75) is 0 Å². The number of amides is 1. The van der Waals surface area contributed by atoms with Crippen LogP contribution in [0.2, 0.25) is 0 Å². The number of benzene rings is 2. The predicted molar refractivity (Wildman–Crippen MR) is 71.4 cm³/mol. The number of rotatable bonds is 2. The number of halogens is 2. The molecule has 1 aliphatic rings. The third-order valence-corrected chi connectivity index (χ3v) is 2.88. The highest BCUT2D eigenvalue weighted by molar-refractivity contribution is 5.96. The fourth-order valence-corrected chi connectivity index (χ4v) is 1.89. The van der Waals surface area contributed by atoms with Gasteiger partial charge in [0.05, 0.1) is 11.4 Å². The number of fused-ring (bicyclic) bond motifs is 1. The first-order chi connectivity index (χ1) is 10.0. The summed E-state index contributed by atoms with van der Waals surface area (Å²) < 4.78 is 37.2. The van der Waals surface area contributed by atoms with Gasteiger partial charge in [-0.25, -0.2) is 4.39 Å². The summed E-state index contributed by atoms with van der Waals surface area (Å²) in [6.45, 7) is -0.106. The molecular formula is C14H10F2N2O3. The molecule has 2 aromatic rings. The van der Waals surface area contributed by atoms with Gasteiger partial charge in [0.15, 0.2) is 23.9 Å². The van der Waals surface area contributed by atoms with E-state index >= 15 is 0 Å². The predicted octanol–water partition coefficient (Wildman–Crippen LogP) is 2.67. The highest BCUT2D eigenvalue weighted by atomic mass is 19.2. The fourth-order valence-electron chi connectivity index (χ4n) is 1.89. The van der Waals surface area contributed by atoms with Gasteiger partial charge in [-0.3, -0.25) is 4.79 Å². The van der Waals surface area contributed by atoms with Gasteiger partial charge in [0.2, 0.25) is 5.82 Å². The summed E-state index contributed by atoms with van der Waals surface area (Å²) >= 11 is 0. The van der Waals surface area contributed by atoms with E-state index in [4.69, 9.17) is 15.2 Å². The summed E-state index contributed by atoms with van der Waals surface area (Å²) in [4.78, 5) is 11.3. The van der Waals surface area contributed by atoms with Crippen LogP contribution in [0, 0.1) is 11.6 Å². The summed E-state index contributed by atoms with van der Waals surface area (Å²) in [5.41, 5.74) is 6.31. The van der Waals surface area contributed by atoms with E-state index in [1.165, 1.54) is 24.3 Å². The van der Waals surface area contributed by atoms with Crippen molar-refractivity contribution < 1.29 is 23.0 Å². The molecule has 5 nitrogen and oxygen atoms in total. The second kappa shape index (κ2) is 4.93. The van der Waals surface area contributed by atoms with Crippen LogP contribution in [-0.2, 0) is 4.79 Å². The number of nitrogens with one attached hydrogen (secondary N) is 1. The van der Waals surface area contributed by atoms with Crippen LogP contribution in [0.1, 0.15) is 0 Å². The zero-order chi connectivity index (χ0) is 15.0. The first-order valence-electron chi connectivity index (χ1n) is 6.02. The molecule has 1 aliphatic heterocycles. The minimum Gasteiger partial charge on any atom is -0.481 e. The van der Waals surface area contributed by atoms with Gasteiger partial charge in [-0.15, -0.1) is 0 Å². The van der Waals surface area contributed by atoms with Crippen LogP contribution in [0.4, 0.5) is 20.2 Å². The summed E-state index contributed by atoms with van der Waals surface area (Å²) in [5.74, 6) is -2.29. The Hall–Kier alpha value is -2.83. The Morgan fingerprint density at radius 2 is 2.05 bits per heavy atom. The molecule has 7 heteroatoms. The highest BCUT2D eigenvalue weighted by Gasteiger charge is 2.19. The van der Waals surface area contributed by atoms with E-state index in [0.29, 0.717) is 11.4 Å². The van der Waals surface area contributed by atoms with Crippen LogP contribution in [0.15, 0.2) is 30.3 Å².